The Balaban J connectivity index is -0.000000405. The van der Waals surface area contributed by atoms with Crippen LogP contribution in [0.15, 0.2) is 12.2 Å². The predicted molar refractivity (Wildman–Crippen MR) is 38.1 cm³/mol. The van der Waals surface area contributed by atoms with Crippen molar-refractivity contribution in [3.63, 3.8) is 0 Å². The van der Waals surface area contributed by atoms with Crippen LogP contribution in [-0.2, 0) is 19.4 Å². The van der Waals surface area contributed by atoms with E-state index in [2.05, 4.69) is 9.78 Å². The quantitative estimate of drug-likeness (QED) is 0.248. The van der Waals surface area contributed by atoms with Crippen LogP contribution in [0.1, 0.15) is 0 Å². The Labute approximate surface area is 112 Å². The summed E-state index contributed by atoms with van der Waals surface area (Å²) >= 11 is 0. The minimum absolute atomic E-state index is 0. The molecule has 0 unspecified atom stereocenters. The van der Waals surface area contributed by atoms with Crippen LogP contribution < -0.4 is 0 Å². The maximum Gasteiger partial charge on any atom is 0.365 e. The molecule has 0 bridgehead atoms. The van der Waals surface area contributed by atoms with Gasteiger partial charge in [-0.2, -0.15) is 10.5 Å². The topological polar surface area (TPSA) is 93.1 Å². The Morgan fingerprint density at radius 3 is 1.33 bits per heavy atom. The van der Waals surface area contributed by atoms with Gasteiger partial charge in [-0.1, -0.05) is 0 Å². The zero-order valence-corrected chi connectivity index (χ0v) is 10.7. The van der Waals surface area contributed by atoms with Crippen molar-refractivity contribution in [2.75, 3.05) is 0 Å². The van der Waals surface area contributed by atoms with E-state index in [-0.39, 0.29) is 59.1 Å². The molecule has 0 aromatic carbocycles. The molecule has 0 heterocycles. The molecule has 0 atom stereocenters. The zero-order chi connectivity index (χ0) is 7.98. The maximum absolute atomic E-state index is 9.98. The summed E-state index contributed by atoms with van der Waals surface area (Å²) in [7, 11) is 0. The molecule has 8 heteroatoms. The van der Waals surface area contributed by atoms with E-state index in [1.165, 1.54) is 0 Å². The van der Waals surface area contributed by atoms with Gasteiger partial charge in [0, 0.05) is 71.3 Å². The fourth-order valence-corrected chi connectivity index (χ4v) is 0.197. The second-order valence-corrected chi connectivity index (χ2v) is 1.15. The van der Waals surface area contributed by atoms with Crippen molar-refractivity contribution in [3.8, 4) is 0 Å². The molecule has 0 rings (SSSR count). The van der Waals surface area contributed by atoms with E-state index in [9.17, 15) is 9.59 Å². The molecule has 0 aromatic heterocycles. The van der Waals surface area contributed by atoms with Gasteiger partial charge < -0.3 is 0 Å². The first-order valence-corrected chi connectivity index (χ1v) is 2.09. The number of hydrogen-bond donors (Lipinski definition) is 2. The molecule has 0 fully saturated rings. The molecule has 0 saturated carbocycles. The van der Waals surface area contributed by atoms with Crippen LogP contribution in [0.5, 0.6) is 0 Å². The van der Waals surface area contributed by atoms with Crippen molar-refractivity contribution in [3.05, 3.63) is 12.2 Å². The Hall–Kier alpha value is 0.600. The van der Waals surface area contributed by atoms with Crippen LogP contribution in [0.25, 0.3) is 0 Å². The zero-order valence-electron chi connectivity index (χ0n) is 6.68. The number of carbonyl (C=O) groups excluding carboxylic acids is 2. The molecule has 12 heavy (non-hydrogen) atoms. The summed E-state index contributed by atoms with van der Waals surface area (Å²) in [5, 5.41) is 15.2. The molecule has 0 aliphatic heterocycles. The van der Waals surface area contributed by atoms with Gasteiger partial charge >= 0.3 is 11.9 Å². The molecule has 0 amide bonds. The molecule has 6 nitrogen and oxygen atoms in total. The number of rotatable bonds is 2. The Morgan fingerprint density at radius 1 is 0.917 bits per heavy atom. The standard InChI is InChI=1S/C4H4O6.2Na/c5-3(9-7)1-2-4(6)10-8;;/h1-2,7-8H;;/b2-1-;;. The van der Waals surface area contributed by atoms with Crippen LogP contribution in [-0.4, -0.2) is 81.6 Å². The second kappa shape index (κ2) is 11.6. The molecule has 2 radical (unpaired) electrons. The molecule has 0 saturated heterocycles. The molecule has 0 aromatic rings. The summed E-state index contributed by atoms with van der Waals surface area (Å²) in [6, 6.07) is 0. The van der Waals surface area contributed by atoms with E-state index in [1.807, 2.05) is 0 Å². The minimum atomic E-state index is -1.13. The first kappa shape index (κ1) is 18.4. The summed E-state index contributed by atoms with van der Waals surface area (Å²) in [6.45, 7) is 0. The largest absolute Gasteiger partial charge is 0.365 e. The van der Waals surface area contributed by atoms with E-state index < -0.39 is 11.9 Å². The average molecular weight is 194 g/mol. The van der Waals surface area contributed by atoms with Gasteiger partial charge in [0.05, 0.1) is 0 Å². The molecule has 0 spiro atoms. The van der Waals surface area contributed by atoms with Crippen LogP contribution in [0.2, 0.25) is 0 Å². The normalized spacial score (nSPS) is 7.83. The first-order chi connectivity index (χ1) is 4.70. The van der Waals surface area contributed by atoms with Gasteiger partial charge in [0.15, 0.2) is 0 Å². The van der Waals surface area contributed by atoms with Crippen molar-refractivity contribution >= 4 is 71.1 Å². The third-order valence-electron chi connectivity index (χ3n) is 0.535. The SMILES string of the molecule is O=C(/C=C\C(=O)OO)OO.[Na].[Na]. The van der Waals surface area contributed by atoms with E-state index in [4.69, 9.17) is 10.5 Å². The summed E-state index contributed by atoms with van der Waals surface area (Å²) in [4.78, 5) is 26.2. The molecular weight excluding hydrogens is 190 g/mol. The van der Waals surface area contributed by atoms with Gasteiger partial charge in [-0.3, -0.25) is 9.78 Å². The van der Waals surface area contributed by atoms with Crippen molar-refractivity contribution in [1.82, 2.24) is 0 Å². The van der Waals surface area contributed by atoms with Crippen LogP contribution in [0, 0.1) is 0 Å². The molecule has 0 aliphatic rings. The van der Waals surface area contributed by atoms with Crippen molar-refractivity contribution in [1.29, 1.82) is 0 Å². The number of hydrogen-bond acceptors (Lipinski definition) is 6. The first-order valence-electron chi connectivity index (χ1n) is 2.09. The van der Waals surface area contributed by atoms with Crippen LogP contribution in [0.3, 0.4) is 0 Å². The third-order valence-corrected chi connectivity index (χ3v) is 0.535. The van der Waals surface area contributed by atoms with E-state index >= 15 is 0 Å². The number of carbonyl (C=O) groups is 2. The van der Waals surface area contributed by atoms with Crippen LogP contribution in [0.4, 0.5) is 0 Å². The van der Waals surface area contributed by atoms with Gasteiger partial charge in [0.25, 0.3) is 0 Å². The summed E-state index contributed by atoms with van der Waals surface area (Å²) < 4.78 is 0. The van der Waals surface area contributed by atoms with Gasteiger partial charge in [-0.15, -0.1) is 0 Å². The van der Waals surface area contributed by atoms with Crippen LogP contribution >= 0.6 is 0 Å². The van der Waals surface area contributed by atoms with Crippen molar-refractivity contribution in [2.45, 2.75) is 0 Å². The monoisotopic (exact) mass is 194 g/mol. The van der Waals surface area contributed by atoms with Gasteiger partial charge in [0.2, 0.25) is 0 Å². The van der Waals surface area contributed by atoms with Gasteiger partial charge in [-0.25, -0.2) is 9.59 Å². The Bertz CT molecular complexity index is 149. The van der Waals surface area contributed by atoms with Crippen molar-refractivity contribution < 1.29 is 29.9 Å². The van der Waals surface area contributed by atoms with E-state index in [0.717, 1.165) is 0 Å². The van der Waals surface area contributed by atoms with Crippen molar-refractivity contribution in [2.24, 2.45) is 0 Å². The van der Waals surface area contributed by atoms with Gasteiger partial charge in [-0.05, 0) is 0 Å². The Kier molecular flexibility index (Phi) is 17.8. The summed E-state index contributed by atoms with van der Waals surface area (Å²) in [6.07, 6.45) is 1.16. The second-order valence-electron chi connectivity index (χ2n) is 1.15. The molecule has 2 N–H and O–H groups in total. The Morgan fingerprint density at radius 2 is 1.17 bits per heavy atom. The van der Waals surface area contributed by atoms with E-state index in [1.54, 1.807) is 0 Å². The smallest absolute Gasteiger partial charge is 0.296 e. The fraction of sp³-hybridized carbons (Fsp3) is 0. The average Bonchev–Trinajstić information content (AvgIpc) is 1.99. The third kappa shape index (κ3) is 10.6. The van der Waals surface area contributed by atoms with Gasteiger partial charge in [0.1, 0.15) is 0 Å². The minimum Gasteiger partial charge on any atom is -0.296 e. The molecule has 58 valence electrons. The summed E-state index contributed by atoms with van der Waals surface area (Å²) in [5.41, 5.74) is 0. The molecular formula is C4H4Na2O6. The van der Waals surface area contributed by atoms with E-state index in [0.29, 0.717) is 12.2 Å². The maximum atomic E-state index is 9.98. The predicted octanol–water partition coefficient (Wildman–Crippen LogP) is -1.19. The molecule has 0 aliphatic carbocycles. The fourth-order valence-electron chi connectivity index (χ4n) is 0.197. The summed E-state index contributed by atoms with van der Waals surface area (Å²) in [5.74, 6) is -2.27.